The first kappa shape index (κ1) is 41.5. The zero-order chi connectivity index (χ0) is 39.3. The molecule has 0 saturated carbocycles. The molecule has 1 N–H and O–H groups in total. The number of para-hydroxylation sites is 1. The number of likely N-dealkylation sites (tertiary alicyclic amines) is 2. The van der Waals surface area contributed by atoms with E-state index in [2.05, 4.69) is 9.50 Å². The monoisotopic (exact) mass is 893 g/mol. The van der Waals surface area contributed by atoms with Crippen molar-refractivity contribution in [1.29, 1.82) is 0 Å². The number of hydrogen-bond donors (Lipinski definition) is 1. The fraction of sp³-hybridized carbons (Fsp3) is 0.486. The largest absolute Gasteiger partial charge is 0.491 e. The second kappa shape index (κ2) is 17.0. The van der Waals surface area contributed by atoms with E-state index in [1.54, 1.807) is 31.2 Å². The van der Waals surface area contributed by atoms with E-state index in [-0.39, 0.29) is 76.3 Å². The average molecular weight is 894 g/mol. The Morgan fingerprint density at radius 2 is 1.80 bits per heavy atom. The minimum absolute atomic E-state index is 0.00532. The number of aliphatic carboxylic acids is 1. The number of carboxylic acids is 1. The molecule has 2 aromatic heterocycles. The Labute approximate surface area is 323 Å². The summed E-state index contributed by atoms with van der Waals surface area (Å²) >= 11 is -1.54. The number of rotatable bonds is 14. The molecule has 4 heterocycles. The third kappa shape index (κ3) is 8.27. The number of piperidine rings is 2. The minimum Gasteiger partial charge on any atom is -0.491 e. The summed E-state index contributed by atoms with van der Waals surface area (Å²) in [7, 11) is 1.51. The molecular formula is C37H41F5IN3O7S. The van der Waals surface area contributed by atoms with E-state index in [9.17, 15) is 27.9 Å². The lowest BCUT2D eigenvalue weighted by atomic mass is 9.71. The van der Waals surface area contributed by atoms with Gasteiger partial charge in [-0.25, -0.2) is 0 Å². The second-order valence-electron chi connectivity index (χ2n) is 13.1. The van der Waals surface area contributed by atoms with Crippen LogP contribution in [-0.2, 0) is 29.8 Å². The standard InChI is InChI=1S/C37H41F5IN3O7S/c1-4-8-29-35(53-24-21-30(54-23-24)36(38,39)40,12-7-16-46(29)31(47)25-22-44-15-11-26(25)37(41,42)43-2)32(48)45-17-13-34(14-18-45,33(49)50)27-9-5-6-10-28(27)52-20-19-51-3/h5-6,9-11,15,21-23,29H,2,4,7-8,12-14,16-20H2,1,3H3,(H,49,50)/t29-,35+/m1/s1. The van der Waals surface area contributed by atoms with E-state index < -0.39 is 76.1 Å². The highest BCUT2D eigenvalue weighted by Gasteiger charge is 2.57. The third-order valence-electron chi connectivity index (χ3n) is 9.99. The number of alkyl halides is 6. The van der Waals surface area contributed by atoms with Gasteiger partial charge in [0.2, 0.25) is 5.60 Å². The maximum Gasteiger partial charge on any atom is 0.425 e. The summed E-state index contributed by atoms with van der Waals surface area (Å²) in [6, 6.07) is 7.52. The molecule has 3 aromatic rings. The molecule has 17 heteroatoms. The van der Waals surface area contributed by atoms with E-state index in [4.69, 9.17) is 14.2 Å². The molecule has 2 atom stereocenters. The van der Waals surface area contributed by atoms with E-state index in [0.29, 0.717) is 29.1 Å². The van der Waals surface area contributed by atoms with Crippen LogP contribution in [0.3, 0.4) is 0 Å². The number of ether oxygens (including phenoxy) is 3. The van der Waals surface area contributed by atoms with Gasteiger partial charge in [-0.15, -0.1) is 11.3 Å². The maximum atomic E-state index is 15.1. The zero-order valence-electron chi connectivity index (χ0n) is 29.7. The molecule has 1 aromatic carbocycles. The number of carbonyl (C=O) groups excluding carboxylic acids is 2. The Bertz CT molecular complexity index is 1830. The summed E-state index contributed by atoms with van der Waals surface area (Å²) < 4.78 is 88.9. The molecule has 0 radical (unpaired) electrons. The number of hydrogen-bond acceptors (Lipinski definition) is 8. The summed E-state index contributed by atoms with van der Waals surface area (Å²) in [6.45, 7) is 2.16. The SMILES string of the molecule is C=IC(F)(F)c1ccncc1C(=O)N1CCC[C@@](Oc2csc(C(F)(F)F)c2)(C(=O)N2CCC(C(=O)O)(c3ccccc3OCCOC)CC2)[C@H]1CCC. The van der Waals surface area contributed by atoms with Gasteiger partial charge in [-0.3, -0.25) is 19.4 Å². The molecule has 0 bridgehead atoms. The molecule has 54 heavy (non-hydrogen) atoms. The summed E-state index contributed by atoms with van der Waals surface area (Å²) in [5, 5.41) is 11.8. The van der Waals surface area contributed by atoms with Gasteiger partial charge < -0.3 is 29.1 Å². The molecule has 2 aliphatic rings. The van der Waals surface area contributed by atoms with E-state index in [0.717, 1.165) is 29.9 Å². The molecule has 2 saturated heterocycles. The lowest BCUT2D eigenvalue weighted by molar-refractivity contribution is -0.163. The average Bonchev–Trinajstić information content (AvgIpc) is 3.64. The molecule has 5 rings (SSSR count). The van der Waals surface area contributed by atoms with Crippen LogP contribution in [-0.4, -0.2) is 93.8 Å². The number of methoxy groups -OCH3 is 1. The lowest BCUT2D eigenvalue weighted by Crippen LogP contribution is -2.69. The number of aromatic nitrogens is 1. The second-order valence-corrected chi connectivity index (χ2v) is 16.1. The smallest absolute Gasteiger partial charge is 0.425 e. The number of pyridine rings is 1. The Morgan fingerprint density at radius 1 is 1.07 bits per heavy atom. The number of carbonyl (C=O) groups is 3. The Balaban J connectivity index is 1.55. The van der Waals surface area contributed by atoms with Crippen LogP contribution < -0.4 is 9.47 Å². The quantitative estimate of drug-likeness (QED) is 0.0766. The summed E-state index contributed by atoms with van der Waals surface area (Å²) in [5.41, 5.74) is -3.86. The predicted octanol–water partition coefficient (Wildman–Crippen LogP) is 7.51. The summed E-state index contributed by atoms with van der Waals surface area (Å²) in [5.74, 6) is -2.44. The first-order valence-electron chi connectivity index (χ1n) is 17.3. The summed E-state index contributed by atoms with van der Waals surface area (Å²) in [4.78, 5) is 48.1. The van der Waals surface area contributed by atoms with Crippen LogP contribution in [0.15, 0.2) is 54.2 Å². The highest BCUT2D eigenvalue weighted by atomic mass is 127. The molecule has 0 aliphatic carbocycles. The van der Waals surface area contributed by atoms with Crippen molar-refractivity contribution < 1.29 is 55.7 Å². The van der Waals surface area contributed by atoms with Crippen LogP contribution >= 0.6 is 32.1 Å². The molecule has 10 nitrogen and oxygen atoms in total. The van der Waals surface area contributed by atoms with Crippen molar-refractivity contribution in [1.82, 2.24) is 14.8 Å². The maximum absolute atomic E-state index is 15.1. The topological polar surface area (TPSA) is 119 Å². The first-order valence-corrected chi connectivity index (χ1v) is 20.7. The Morgan fingerprint density at radius 3 is 2.43 bits per heavy atom. The predicted molar refractivity (Wildman–Crippen MR) is 200 cm³/mol. The number of halogens is 6. The highest BCUT2D eigenvalue weighted by molar-refractivity contribution is 14.2. The van der Waals surface area contributed by atoms with Crippen LogP contribution in [0.1, 0.15) is 71.8 Å². The summed E-state index contributed by atoms with van der Waals surface area (Å²) in [6.07, 6.45) is -1.86. The van der Waals surface area contributed by atoms with Crippen molar-refractivity contribution >= 4 is 54.4 Å². The molecule has 2 amide bonds. The van der Waals surface area contributed by atoms with Crippen molar-refractivity contribution in [3.8, 4) is 11.5 Å². The third-order valence-corrected chi connectivity index (χ3v) is 12.5. The van der Waals surface area contributed by atoms with Crippen LogP contribution in [0.25, 0.3) is 0 Å². The van der Waals surface area contributed by atoms with E-state index in [1.165, 1.54) is 16.9 Å². The van der Waals surface area contributed by atoms with Crippen LogP contribution in [0.4, 0.5) is 22.0 Å². The van der Waals surface area contributed by atoms with Crippen LogP contribution in [0.5, 0.6) is 11.5 Å². The van der Waals surface area contributed by atoms with Crippen LogP contribution in [0, 0.1) is 0 Å². The van der Waals surface area contributed by atoms with Crippen molar-refractivity contribution in [2.75, 3.05) is 40.0 Å². The number of carboxylic acid groups (broad SMARTS) is 1. The van der Waals surface area contributed by atoms with Crippen molar-refractivity contribution in [3.05, 3.63) is 75.7 Å². The molecule has 0 spiro atoms. The van der Waals surface area contributed by atoms with Crippen molar-refractivity contribution in [3.63, 3.8) is 0 Å². The molecular weight excluding hydrogens is 852 g/mol. The first-order chi connectivity index (χ1) is 25.6. The van der Waals surface area contributed by atoms with Gasteiger partial charge in [0.15, 0.2) is 0 Å². The Hall–Kier alpha value is -3.71. The number of amides is 2. The zero-order valence-corrected chi connectivity index (χ0v) is 32.6. The van der Waals surface area contributed by atoms with Gasteiger partial charge in [-0.2, -0.15) is 22.0 Å². The van der Waals surface area contributed by atoms with Gasteiger partial charge in [0.25, 0.3) is 11.8 Å². The van der Waals surface area contributed by atoms with Gasteiger partial charge in [-0.1, -0.05) is 36.1 Å². The van der Waals surface area contributed by atoms with Gasteiger partial charge in [0.05, 0.1) is 23.6 Å². The molecule has 2 fully saturated rings. The van der Waals surface area contributed by atoms with Gasteiger partial charge in [-0.05, 0) is 58.5 Å². The van der Waals surface area contributed by atoms with E-state index in [1.807, 2.05) is 0 Å². The minimum atomic E-state index is -4.68. The fourth-order valence-corrected chi connectivity index (χ4v) is 8.91. The molecule has 294 valence electrons. The van der Waals surface area contributed by atoms with Crippen LogP contribution in [0.2, 0.25) is 0 Å². The van der Waals surface area contributed by atoms with E-state index >= 15 is 13.6 Å². The Kier molecular flexibility index (Phi) is 13.0. The van der Waals surface area contributed by atoms with Crippen molar-refractivity contribution in [2.45, 2.75) is 72.6 Å². The molecule has 2 aliphatic heterocycles. The lowest BCUT2D eigenvalue weighted by Gasteiger charge is -2.51. The number of nitrogens with zero attached hydrogens (tertiary/aromatic N) is 3. The highest BCUT2D eigenvalue weighted by Crippen LogP contribution is 2.46. The number of benzene rings is 1. The number of thiophene rings is 1. The van der Waals surface area contributed by atoms with Crippen molar-refractivity contribution in [2.24, 2.45) is 0 Å². The van der Waals surface area contributed by atoms with Gasteiger partial charge >= 0.3 is 16.1 Å². The fourth-order valence-electron chi connectivity index (χ4n) is 7.35. The molecule has 0 unspecified atom stereocenters. The van der Waals surface area contributed by atoms with Gasteiger partial charge in [0, 0.05) is 68.1 Å². The van der Waals surface area contributed by atoms with Gasteiger partial charge in [0.1, 0.15) is 23.0 Å². The normalized spacial score (nSPS) is 20.4.